The van der Waals surface area contributed by atoms with Gasteiger partial charge in [0.1, 0.15) is 11.6 Å². The Morgan fingerprint density at radius 3 is 2.84 bits per heavy atom. The van der Waals surface area contributed by atoms with Gasteiger partial charge in [0, 0.05) is 56.2 Å². The minimum atomic E-state index is -0.218. The van der Waals surface area contributed by atoms with Crippen LogP contribution in [0.5, 0.6) is 0 Å². The van der Waals surface area contributed by atoms with Crippen molar-refractivity contribution in [1.29, 1.82) is 0 Å². The molecule has 0 aliphatic heterocycles. The zero-order chi connectivity index (χ0) is 21.6. The van der Waals surface area contributed by atoms with Gasteiger partial charge in [0.05, 0.1) is 0 Å². The Kier molecular flexibility index (Phi) is 6.31. The summed E-state index contributed by atoms with van der Waals surface area (Å²) in [5.74, 6) is 1.53. The molecule has 3 N–H and O–H groups in total. The number of aromatic nitrogens is 3. The first-order valence-corrected chi connectivity index (χ1v) is 10.4. The lowest BCUT2D eigenvalue weighted by Crippen LogP contribution is -2.37. The van der Waals surface area contributed by atoms with E-state index in [9.17, 15) is 4.39 Å². The Morgan fingerprint density at radius 2 is 2.03 bits per heavy atom. The number of benzene rings is 2. The molecular weight excluding hydrogens is 391 g/mol. The normalized spacial score (nSPS) is 11.8. The summed E-state index contributed by atoms with van der Waals surface area (Å²) in [5, 5.41) is 7.62. The van der Waals surface area contributed by atoms with Crippen molar-refractivity contribution in [1.82, 2.24) is 25.2 Å². The number of fused-ring (bicyclic) bond motifs is 1. The summed E-state index contributed by atoms with van der Waals surface area (Å²) in [6.07, 6.45) is 6.52. The molecule has 0 aliphatic rings. The fourth-order valence-electron chi connectivity index (χ4n) is 3.68. The Morgan fingerprint density at radius 1 is 1.16 bits per heavy atom. The molecule has 0 unspecified atom stereocenters. The third-order valence-corrected chi connectivity index (χ3v) is 5.37. The third kappa shape index (κ3) is 5.12. The van der Waals surface area contributed by atoms with Gasteiger partial charge in [0.15, 0.2) is 5.96 Å². The van der Waals surface area contributed by atoms with E-state index in [1.54, 1.807) is 19.2 Å². The van der Waals surface area contributed by atoms with Crippen LogP contribution in [-0.2, 0) is 19.5 Å². The van der Waals surface area contributed by atoms with Crippen LogP contribution in [0.1, 0.15) is 22.5 Å². The van der Waals surface area contributed by atoms with Gasteiger partial charge < -0.3 is 20.2 Å². The molecule has 0 spiro atoms. The van der Waals surface area contributed by atoms with Crippen molar-refractivity contribution in [2.24, 2.45) is 4.99 Å². The summed E-state index contributed by atoms with van der Waals surface area (Å²) in [4.78, 5) is 11.8. The lowest BCUT2D eigenvalue weighted by Gasteiger charge is -2.13. The number of aryl methyl sites for hydroxylation is 1. The second kappa shape index (κ2) is 9.47. The van der Waals surface area contributed by atoms with Crippen molar-refractivity contribution in [3.05, 3.63) is 89.4 Å². The number of guanidine groups is 1. The minimum absolute atomic E-state index is 0.218. The van der Waals surface area contributed by atoms with E-state index in [-0.39, 0.29) is 5.82 Å². The van der Waals surface area contributed by atoms with Crippen molar-refractivity contribution in [2.75, 3.05) is 13.6 Å². The van der Waals surface area contributed by atoms with Crippen LogP contribution in [-0.4, -0.2) is 34.1 Å². The van der Waals surface area contributed by atoms with Gasteiger partial charge in [-0.1, -0.05) is 24.3 Å². The molecule has 31 heavy (non-hydrogen) atoms. The third-order valence-electron chi connectivity index (χ3n) is 5.37. The van der Waals surface area contributed by atoms with Crippen LogP contribution in [0.15, 0.2) is 66.0 Å². The standard InChI is InChI=1S/C24H27FN6/c1-17-27-10-11-31(17)16-19-5-3-4-18(12-19)14-30-24(26-2)28-9-8-20-15-29-23-7-6-21(25)13-22(20)23/h3-7,10-13,15,29H,8-9,14,16H2,1-2H3,(H2,26,28,30). The molecule has 0 saturated heterocycles. The Bertz CT molecular complexity index is 1190. The molecule has 0 atom stereocenters. The maximum Gasteiger partial charge on any atom is 0.191 e. The monoisotopic (exact) mass is 418 g/mol. The number of nitrogens with zero attached hydrogens (tertiary/aromatic N) is 3. The van der Waals surface area contributed by atoms with Crippen LogP contribution >= 0.6 is 0 Å². The molecule has 0 aliphatic carbocycles. The zero-order valence-corrected chi connectivity index (χ0v) is 17.8. The van der Waals surface area contributed by atoms with E-state index in [1.807, 2.05) is 25.5 Å². The van der Waals surface area contributed by atoms with Gasteiger partial charge in [-0.05, 0) is 48.2 Å². The van der Waals surface area contributed by atoms with Crippen molar-refractivity contribution in [3.8, 4) is 0 Å². The first-order valence-electron chi connectivity index (χ1n) is 10.4. The van der Waals surface area contributed by atoms with Crippen molar-refractivity contribution < 1.29 is 4.39 Å². The molecular formula is C24H27FN6. The number of aliphatic imine (C=N–C) groups is 1. The largest absolute Gasteiger partial charge is 0.361 e. The van der Waals surface area contributed by atoms with Gasteiger partial charge in [-0.15, -0.1) is 0 Å². The van der Waals surface area contributed by atoms with Crippen LogP contribution in [0.25, 0.3) is 10.9 Å². The number of hydrogen-bond acceptors (Lipinski definition) is 2. The summed E-state index contributed by atoms with van der Waals surface area (Å²) in [5.41, 5.74) is 4.45. The summed E-state index contributed by atoms with van der Waals surface area (Å²) in [7, 11) is 1.76. The average molecular weight is 419 g/mol. The van der Waals surface area contributed by atoms with Crippen molar-refractivity contribution in [2.45, 2.75) is 26.4 Å². The summed E-state index contributed by atoms with van der Waals surface area (Å²) in [6, 6.07) is 13.3. The molecule has 2 heterocycles. The molecule has 4 rings (SSSR count). The summed E-state index contributed by atoms with van der Waals surface area (Å²) < 4.78 is 15.7. The number of aromatic amines is 1. The molecule has 4 aromatic rings. The minimum Gasteiger partial charge on any atom is -0.361 e. The second-order valence-electron chi connectivity index (χ2n) is 7.53. The van der Waals surface area contributed by atoms with E-state index in [0.29, 0.717) is 13.1 Å². The summed E-state index contributed by atoms with van der Waals surface area (Å²) in [6.45, 7) is 4.18. The summed E-state index contributed by atoms with van der Waals surface area (Å²) >= 11 is 0. The van der Waals surface area contributed by atoms with Gasteiger partial charge in [-0.2, -0.15) is 0 Å². The first-order chi connectivity index (χ1) is 15.1. The van der Waals surface area contributed by atoms with E-state index in [1.165, 1.54) is 17.2 Å². The highest BCUT2D eigenvalue weighted by Crippen LogP contribution is 2.19. The number of rotatable bonds is 7. The SMILES string of the molecule is CN=C(NCCc1c[nH]c2ccc(F)cc12)NCc1cccc(Cn2ccnc2C)c1. The molecule has 7 heteroatoms. The molecule has 0 radical (unpaired) electrons. The highest BCUT2D eigenvalue weighted by molar-refractivity contribution is 5.83. The molecule has 2 aromatic carbocycles. The van der Waals surface area contributed by atoms with E-state index < -0.39 is 0 Å². The van der Waals surface area contributed by atoms with E-state index in [4.69, 9.17) is 0 Å². The van der Waals surface area contributed by atoms with E-state index in [0.717, 1.165) is 41.2 Å². The fourth-order valence-corrected chi connectivity index (χ4v) is 3.68. The van der Waals surface area contributed by atoms with Crippen LogP contribution in [0.4, 0.5) is 4.39 Å². The predicted molar refractivity (Wildman–Crippen MR) is 123 cm³/mol. The van der Waals surface area contributed by atoms with Gasteiger partial charge in [0.25, 0.3) is 0 Å². The molecule has 2 aromatic heterocycles. The molecule has 6 nitrogen and oxygen atoms in total. The van der Waals surface area contributed by atoms with Crippen LogP contribution in [0.3, 0.4) is 0 Å². The smallest absolute Gasteiger partial charge is 0.191 e. The maximum absolute atomic E-state index is 13.6. The lowest BCUT2D eigenvalue weighted by molar-refractivity contribution is 0.629. The predicted octanol–water partition coefficient (Wildman–Crippen LogP) is 3.77. The first kappa shape index (κ1) is 20.7. The maximum atomic E-state index is 13.6. The second-order valence-corrected chi connectivity index (χ2v) is 7.53. The highest BCUT2D eigenvalue weighted by atomic mass is 19.1. The Balaban J connectivity index is 1.30. The van der Waals surface area contributed by atoms with Gasteiger partial charge >= 0.3 is 0 Å². The number of nitrogens with one attached hydrogen (secondary N) is 3. The van der Waals surface area contributed by atoms with Crippen LogP contribution in [0.2, 0.25) is 0 Å². The molecule has 0 bridgehead atoms. The van der Waals surface area contributed by atoms with Crippen molar-refractivity contribution in [3.63, 3.8) is 0 Å². The van der Waals surface area contributed by atoms with Crippen molar-refractivity contribution >= 4 is 16.9 Å². The highest BCUT2D eigenvalue weighted by Gasteiger charge is 2.06. The van der Waals surface area contributed by atoms with E-state index >= 15 is 0 Å². The Hall–Kier alpha value is -3.61. The Labute approximate surface area is 181 Å². The van der Waals surface area contributed by atoms with Crippen LogP contribution < -0.4 is 10.6 Å². The quantitative estimate of drug-likeness (QED) is 0.316. The zero-order valence-electron chi connectivity index (χ0n) is 17.8. The topological polar surface area (TPSA) is 70.0 Å². The van der Waals surface area contributed by atoms with E-state index in [2.05, 4.69) is 54.4 Å². The van der Waals surface area contributed by atoms with Gasteiger partial charge in [0.2, 0.25) is 0 Å². The molecule has 160 valence electrons. The van der Waals surface area contributed by atoms with Gasteiger partial charge in [-0.25, -0.2) is 9.37 Å². The lowest BCUT2D eigenvalue weighted by atomic mass is 10.1. The van der Waals surface area contributed by atoms with Crippen LogP contribution in [0, 0.1) is 12.7 Å². The number of imidazole rings is 1. The number of halogens is 1. The number of H-pyrrole nitrogens is 1. The molecule has 0 fully saturated rings. The molecule has 0 saturated carbocycles. The fraction of sp³-hybridized carbons (Fsp3) is 0.250. The number of hydrogen-bond donors (Lipinski definition) is 3. The average Bonchev–Trinajstić information content (AvgIpc) is 3.36. The van der Waals surface area contributed by atoms with Gasteiger partial charge in [-0.3, -0.25) is 4.99 Å². The molecule has 0 amide bonds.